The van der Waals surface area contributed by atoms with Crippen LogP contribution in [0.25, 0.3) is 0 Å². The van der Waals surface area contributed by atoms with Crippen molar-refractivity contribution in [3.63, 3.8) is 0 Å². The minimum Gasteiger partial charge on any atom is -0.351 e. The number of hydrogen-bond acceptors (Lipinski definition) is 4. The lowest BCUT2D eigenvalue weighted by Crippen LogP contribution is -2.37. The van der Waals surface area contributed by atoms with Crippen LogP contribution in [0.15, 0.2) is 18.2 Å². The van der Waals surface area contributed by atoms with Gasteiger partial charge in [-0.3, -0.25) is 14.9 Å². The van der Waals surface area contributed by atoms with E-state index in [4.69, 9.17) is 11.6 Å². The number of nitro groups is 1. The van der Waals surface area contributed by atoms with Crippen molar-refractivity contribution in [3.05, 3.63) is 38.9 Å². The molecular weight excluding hydrogens is 353 g/mol. The first-order valence-electron chi connectivity index (χ1n) is 8.04. The summed E-state index contributed by atoms with van der Waals surface area (Å²) >= 11 is 5.81. The summed E-state index contributed by atoms with van der Waals surface area (Å²) < 4.78 is 0. The van der Waals surface area contributed by atoms with E-state index in [1.165, 1.54) is 56.7 Å². The third kappa shape index (κ3) is 5.92. The van der Waals surface area contributed by atoms with Gasteiger partial charge in [-0.2, -0.15) is 0 Å². The molecule has 0 aromatic heterocycles. The van der Waals surface area contributed by atoms with Gasteiger partial charge in [0.05, 0.1) is 4.92 Å². The van der Waals surface area contributed by atoms with Crippen LogP contribution in [0.5, 0.6) is 0 Å². The fraction of sp³-hybridized carbons (Fsp3) is 0.562. The number of halogens is 2. The van der Waals surface area contributed by atoms with E-state index < -0.39 is 10.8 Å². The number of nitrogens with one attached hydrogen (secondary N) is 2. The van der Waals surface area contributed by atoms with Gasteiger partial charge < -0.3 is 10.6 Å². The van der Waals surface area contributed by atoms with Crippen LogP contribution in [0.3, 0.4) is 0 Å². The lowest BCUT2D eigenvalue weighted by atomic mass is 10.1. The first kappa shape index (κ1) is 20.7. The van der Waals surface area contributed by atoms with Gasteiger partial charge in [0.15, 0.2) is 0 Å². The quantitative estimate of drug-likeness (QED) is 0.343. The second kappa shape index (κ2) is 10.5. The number of nitrogens with zero attached hydrogens (tertiary/aromatic N) is 1. The number of rotatable bonds is 6. The second-order valence-electron chi connectivity index (χ2n) is 5.79. The SMILES string of the molecule is Cl.O=C(NCCNC1CCCCCC1)c1cccc(Cl)c1[N+](=O)[O-]. The van der Waals surface area contributed by atoms with Crippen molar-refractivity contribution in [2.24, 2.45) is 0 Å². The Labute approximate surface area is 152 Å². The van der Waals surface area contributed by atoms with E-state index in [-0.39, 0.29) is 28.7 Å². The van der Waals surface area contributed by atoms with Gasteiger partial charge in [-0.1, -0.05) is 43.4 Å². The summed E-state index contributed by atoms with van der Waals surface area (Å²) in [7, 11) is 0. The van der Waals surface area contributed by atoms with Crippen molar-refractivity contribution in [1.29, 1.82) is 0 Å². The van der Waals surface area contributed by atoms with E-state index in [1.807, 2.05) is 0 Å². The predicted molar refractivity (Wildman–Crippen MR) is 97.2 cm³/mol. The van der Waals surface area contributed by atoms with E-state index in [0.717, 1.165) is 0 Å². The van der Waals surface area contributed by atoms with Crippen molar-refractivity contribution >= 4 is 35.6 Å². The zero-order chi connectivity index (χ0) is 16.7. The van der Waals surface area contributed by atoms with Crippen LogP contribution in [-0.2, 0) is 0 Å². The molecule has 1 amide bonds. The molecule has 1 saturated carbocycles. The molecule has 0 radical (unpaired) electrons. The van der Waals surface area contributed by atoms with Crippen LogP contribution in [-0.4, -0.2) is 30.0 Å². The molecule has 24 heavy (non-hydrogen) atoms. The topological polar surface area (TPSA) is 84.3 Å². The number of benzene rings is 1. The highest BCUT2D eigenvalue weighted by Gasteiger charge is 2.23. The molecule has 0 aliphatic heterocycles. The smallest absolute Gasteiger partial charge is 0.300 e. The van der Waals surface area contributed by atoms with Crippen LogP contribution in [0.2, 0.25) is 5.02 Å². The maximum atomic E-state index is 12.1. The Morgan fingerprint density at radius 2 is 1.88 bits per heavy atom. The zero-order valence-corrected chi connectivity index (χ0v) is 15.0. The van der Waals surface area contributed by atoms with Gasteiger partial charge in [0.25, 0.3) is 5.91 Å². The van der Waals surface area contributed by atoms with Gasteiger partial charge in [0.1, 0.15) is 10.6 Å². The number of amides is 1. The summed E-state index contributed by atoms with van der Waals surface area (Å²) in [4.78, 5) is 22.5. The van der Waals surface area contributed by atoms with E-state index in [2.05, 4.69) is 10.6 Å². The molecule has 1 fully saturated rings. The minimum absolute atomic E-state index is 0. The van der Waals surface area contributed by atoms with Gasteiger partial charge in [-0.25, -0.2) is 0 Å². The lowest BCUT2D eigenvalue weighted by molar-refractivity contribution is -0.385. The molecule has 8 heteroatoms. The van der Waals surface area contributed by atoms with E-state index in [1.54, 1.807) is 0 Å². The standard InChI is InChI=1S/C16H22ClN3O3.ClH/c17-14-9-5-8-13(15(14)20(22)23)16(21)19-11-10-18-12-6-3-1-2-4-7-12;/h5,8-9,12,18H,1-4,6-7,10-11H2,(H,19,21);1H. The minimum atomic E-state index is -0.624. The molecule has 0 saturated heterocycles. The third-order valence-electron chi connectivity index (χ3n) is 4.11. The van der Waals surface area contributed by atoms with Crippen molar-refractivity contribution in [3.8, 4) is 0 Å². The molecule has 0 spiro atoms. The molecule has 1 aromatic carbocycles. The summed E-state index contributed by atoms with van der Waals surface area (Å²) in [5, 5.41) is 17.2. The summed E-state index contributed by atoms with van der Waals surface area (Å²) in [6.07, 6.45) is 7.44. The normalized spacial score (nSPS) is 15.2. The predicted octanol–water partition coefficient (Wildman–Crippen LogP) is 3.71. The summed E-state index contributed by atoms with van der Waals surface area (Å²) in [6, 6.07) is 4.87. The largest absolute Gasteiger partial charge is 0.351 e. The lowest BCUT2D eigenvalue weighted by Gasteiger charge is -2.16. The number of nitro benzene ring substituents is 1. The van der Waals surface area contributed by atoms with E-state index >= 15 is 0 Å². The zero-order valence-electron chi connectivity index (χ0n) is 13.4. The Kier molecular flexibility index (Phi) is 9.03. The molecule has 2 rings (SSSR count). The van der Waals surface area contributed by atoms with Crippen molar-refractivity contribution < 1.29 is 9.72 Å². The Bertz CT molecular complexity index is 561. The number of carbonyl (C=O) groups is 1. The van der Waals surface area contributed by atoms with Crippen molar-refractivity contribution in [2.75, 3.05) is 13.1 Å². The van der Waals surface area contributed by atoms with Crippen LogP contribution in [0.4, 0.5) is 5.69 Å². The fourth-order valence-electron chi connectivity index (χ4n) is 2.92. The monoisotopic (exact) mass is 375 g/mol. The second-order valence-corrected chi connectivity index (χ2v) is 6.20. The van der Waals surface area contributed by atoms with Gasteiger partial charge in [-0.05, 0) is 25.0 Å². The van der Waals surface area contributed by atoms with E-state index in [9.17, 15) is 14.9 Å². The fourth-order valence-corrected chi connectivity index (χ4v) is 3.16. The number of hydrogen-bond donors (Lipinski definition) is 2. The molecule has 0 heterocycles. The van der Waals surface area contributed by atoms with Gasteiger partial charge in [0.2, 0.25) is 0 Å². The number of carbonyl (C=O) groups excluding carboxylic acids is 1. The number of para-hydroxylation sites is 1. The summed E-state index contributed by atoms with van der Waals surface area (Å²) in [6.45, 7) is 1.09. The Morgan fingerprint density at radius 1 is 1.21 bits per heavy atom. The third-order valence-corrected chi connectivity index (χ3v) is 4.42. The highest BCUT2D eigenvalue weighted by Crippen LogP contribution is 2.27. The van der Waals surface area contributed by atoms with Gasteiger partial charge in [0, 0.05) is 19.1 Å². The van der Waals surface area contributed by atoms with Gasteiger partial charge >= 0.3 is 5.69 Å². The molecular formula is C16H23Cl2N3O3. The average Bonchev–Trinajstić information content (AvgIpc) is 2.79. The Hall–Kier alpha value is -1.37. The molecule has 6 nitrogen and oxygen atoms in total. The molecule has 0 bridgehead atoms. The highest BCUT2D eigenvalue weighted by atomic mass is 35.5. The van der Waals surface area contributed by atoms with Crippen molar-refractivity contribution in [2.45, 2.75) is 44.6 Å². The first-order chi connectivity index (χ1) is 11.1. The first-order valence-corrected chi connectivity index (χ1v) is 8.42. The van der Waals surface area contributed by atoms with Crippen LogP contribution < -0.4 is 10.6 Å². The molecule has 0 atom stereocenters. The van der Waals surface area contributed by atoms with E-state index in [0.29, 0.717) is 19.1 Å². The van der Waals surface area contributed by atoms with Crippen LogP contribution in [0, 0.1) is 10.1 Å². The maximum absolute atomic E-state index is 12.1. The molecule has 1 aliphatic rings. The summed E-state index contributed by atoms with van der Waals surface area (Å²) in [5.74, 6) is -0.470. The Balaban J connectivity index is 0.00000288. The summed E-state index contributed by atoms with van der Waals surface area (Å²) in [5.41, 5.74) is -0.347. The highest BCUT2D eigenvalue weighted by molar-refractivity contribution is 6.33. The van der Waals surface area contributed by atoms with Gasteiger partial charge in [-0.15, -0.1) is 12.4 Å². The molecule has 2 N–H and O–H groups in total. The average molecular weight is 376 g/mol. The van der Waals surface area contributed by atoms with Crippen molar-refractivity contribution in [1.82, 2.24) is 10.6 Å². The van der Waals surface area contributed by atoms with Crippen LogP contribution >= 0.6 is 24.0 Å². The Morgan fingerprint density at radius 3 is 2.50 bits per heavy atom. The molecule has 1 aromatic rings. The molecule has 0 unspecified atom stereocenters. The maximum Gasteiger partial charge on any atom is 0.300 e. The molecule has 1 aliphatic carbocycles. The van der Waals surface area contributed by atoms with Crippen LogP contribution in [0.1, 0.15) is 48.9 Å². The molecule has 134 valence electrons.